The van der Waals surface area contributed by atoms with Gasteiger partial charge in [-0.1, -0.05) is 6.07 Å². The molecule has 2 atom stereocenters. The lowest BCUT2D eigenvalue weighted by atomic mass is 9.95. The monoisotopic (exact) mass is 325 g/mol. The van der Waals surface area contributed by atoms with E-state index >= 15 is 0 Å². The molecular weight excluding hydrogens is 302 g/mol. The maximum Gasteiger partial charge on any atom is 0.223 e. The van der Waals surface area contributed by atoms with Crippen LogP contribution in [0.4, 0.5) is 0 Å². The second-order valence-electron chi connectivity index (χ2n) is 6.83. The predicted molar refractivity (Wildman–Crippen MR) is 90.1 cm³/mol. The Morgan fingerprint density at radius 1 is 1.21 bits per heavy atom. The summed E-state index contributed by atoms with van der Waals surface area (Å²) in [5, 5.41) is 0. The Kier molecular flexibility index (Phi) is 4.10. The van der Waals surface area contributed by atoms with E-state index in [2.05, 4.69) is 20.9 Å². The molecule has 0 saturated carbocycles. The van der Waals surface area contributed by atoms with E-state index in [-0.39, 0.29) is 5.91 Å². The summed E-state index contributed by atoms with van der Waals surface area (Å²) in [5.41, 5.74) is 1.10. The third kappa shape index (κ3) is 2.96. The third-order valence-electron chi connectivity index (χ3n) is 5.23. The van der Waals surface area contributed by atoms with Gasteiger partial charge in [0.05, 0.1) is 6.54 Å². The van der Waals surface area contributed by atoms with Crippen molar-refractivity contribution < 1.29 is 9.21 Å². The van der Waals surface area contributed by atoms with Crippen molar-refractivity contribution in [3.8, 4) is 0 Å². The van der Waals surface area contributed by atoms with Gasteiger partial charge >= 0.3 is 0 Å². The SMILES string of the molecule is Cc1ccc(CN2CC[C@H]3[C@@H]2CCC(=O)N3Cc2cccnc2)o1. The van der Waals surface area contributed by atoms with Gasteiger partial charge in [0.25, 0.3) is 0 Å². The molecule has 0 N–H and O–H groups in total. The van der Waals surface area contributed by atoms with Gasteiger partial charge in [-0.25, -0.2) is 0 Å². The Bertz CT molecular complexity index is 712. The van der Waals surface area contributed by atoms with Crippen molar-refractivity contribution in [2.75, 3.05) is 6.54 Å². The highest BCUT2D eigenvalue weighted by atomic mass is 16.3. The van der Waals surface area contributed by atoms with Crippen LogP contribution in [0, 0.1) is 6.92 Å². The molecule has 0 bridgehead atoms. The number of nitrogens with zero attached hydrogens (tertiary/aromatic N) is 3. The Morgan fingerprint density at radius 3 is 2.88 bits per heavy atom. The number of likely N-dealkylation sites (tertiary alicyclic amines) is 2. The van der Waals surface area contributed by atoms with Gasteiger partial charge in [0.1, 0.15) is 11.5 Å². The van der Waals surface area contributed by atoms with Crippen molar-refractivity contribution in [3.05, 3.63) is 53.7 Å². The molecule has 2 aromatic heterocycles. The number of fused-ring (bicyclic) bond motifs is 1. The number of carbonyl (C=O) groups excluding carboxylic acids is 1. The summed E-state index contributed by atoms with van der Waals surface area (Å²) in [7, 11) is 0. The van der Waals surface area contributed by atoms with E-state index in [4.69, 9.17) is 4.42 Å². The summed E-state index contributed by atoms with van der Waals surface area (Å²) in [6.45, 7) is 4.50. The minimum atomic E-state index is 0.274. The lowest BCUT2D eigenvalue weighted by molar-refractivity contribution is -0.138. The Labute approximate surface area is 142 Å². The van der Waals surface area contributed by atoms with Crippen LogP contribution in [0.2, 0.25) is 0 Å². The van der Waals surface area contributed by atoms with Crippen molar-refractivity contribution in [3.63, 3.8) is 0 Å². The molecule has 2 aliphatic rings. The van der Waals surface area contributed by atoms with Gasteiger partial charge in [0.15, 0.2) is 0 Å². The van der Waals surface area contributed by atoms with Gasteiger partial charge in [0.2, 0.25) is 5.91 Å². The smallest absolute Gasteiger partial charge is 0.223 e. The second-order valence-corrected chi connectivity index (χ2v) is 6.83. The average molecular weight is 325 g/mol. The highest BCUT2D eigenvalue weighted by molar-refractivity contribution is 5.77. The Balaban J connectivity index is 1.48. The predicted octanol–water partition coefficient (Wildman–Crippen LogP) is 2.75. The zero-order valence-electron chi connectivity index (χ0n) is 14.0. The molecule has 2 saturated heterocycles. The second kappa shape index (κ2) is 6.40. The molecule has 1 amide bonds. The van der Waals surface area contributed by atoms with Crippen molar-refractivity contribution in [1.29, 1.82) is 0 Å². The molecule has 0 spiro atoms. The molecule has 0 aromatic carbocycles. The first-order valence-corrected chi connectivity index (χ1v) is 8.68. The first kappa shape index (κ1) is 15.4. The summed E-state index contributed by atoms with van der Waals surface area (Å²) in [5.74, 6) is 2.25. The highest BCUT2D eigenvalue weighted by Crippen LogP contribution is 2.33. The van der Waals surface area contributed by atoms with Crippen LogP contribution < -0.4 is 0 Å². The number of aryl methyl sites for hydroxylation is 1. The summed E-state index contributed by atoms with van der Waals surface area (Å²) in [4.78, 5) is 21.2. The maximum absolute atomic E-state index is 12.5. The molecule has 4 rings (SSSR count). The number of pyridine rings is 1. The van der Waals surface area contributed by atoms with Crippen molar-refractivity contribution in [2.24, 2.45) is 0 Å². The third-order valence-corrected chi connectivity index (χ3v) is 5.23. The van der Waals surface area contributed by atoms with E-state index in [0.29, 0.717) is 25.0 Å². The van der Waals surface area contributed by atoms with Crippen LogP contribution in [-0.4, -0.2) is 39.3 Å². The quantitative estimate of drug-likeness (QED) is 0.867. The molecule has 0 radical (unpaired) electrons. The zero-order valence-corrected chi connectivity index (χ0v) is 14.0. The van der Waals surface area contributed by atoms with Gasteiger partial charge in [0, 0.05) is 44.0 Å². The molecule has 5 heteroatoms. The molecule has 0 unspecified atom stereocenters. The molecule has 4 heterocycles. The Morgan fingerprint density at radius 2 is 2.12 bits per heavy atom. The van der Waals surface area contributed by atoms with E-state index in [9.17, 15) is 4.79 Å². The van der Waals surface area contributed by atoms with Crippen LogP contribution in [0.25, 0.3) is 0 Å². The van der Waals surface area contributed by atoms with Gasteiger partial charge in [-0.3, -0.25) is 14.7 Å². The summed E-state index contributed by atoms with van der Waals surface area (Å²) in [6, 6.07) is 8.79. The van der Waals surface area contributed by atoms with Crippen molar-refractivity contribution in [2.45, 2.75) is 51.4 Å². The average Bonchev–Trinajstić information content (AvgIpc) is 3.18. The molecule has 126 valence electrons. The van der Waals surface area contributed by atoms with Crippen LogP contribution in [0.5, 0.6) is 0 Å². The van der Waals surface area contributed by atoms with E-state index in [0.717, 1.165) is 43.0 Å². The maximum atomic E-state index is 12.5. The van der Waals surface area contributed by atoms with Crippen molar-refractivity contribution in [1.82, 2.24) is 14.8 Å². The van der Waals surface area contributed by atoms with Gasteiger partial charge in [-0.2, -0.15) is 0 Å². The molecule has 2 aliphatic heterocycles. The lowest BCUT2D eigenvalue weighted by Gasteiger charge is -2.39. The number of piperidine rings is 1. The fraction of sp³-hybridized carbons (Fsp3) is 0.474. The number of hydrogen-bond donors (Lipinski definition) is 0. The number of aromatic nitrogens is 1. The van der Waals surface area contributed by atoms with E-state index in [1.165, 1.54) is 0 Å². The molecule has 24 heavy (non-hydrogen) atoms. The van der Waals surface area contributed by atoms with Crippen LogP contribution in [0.1, 0.15) is 36.3 Å². The van der Waals surface area contributed by atoms with E-state index in [1.807, 2.05) is 31.3 Å². The molecule has 2 aromatic rings. The van der Waals surface area contributed by atoms with E-state index < -0.39 is 0 Å². The fourth-order valence-electron chi connectivity index (χ4n) is 4.10. The number of furan rings is 1. The number of carbonyl (C=O) groups is 1. The standard InChI is InChI=1S/C19H23N3O2/c1-14-4-5-16(24-14)13-21-10-8-18-17(21)6-7-19(23)22(18)12-15-3-2-9-20-11-15/h2-5,9,11,17-18H,6-8,10,12-13H2,1H3/t17-,18-/m0/s1. The fourth-order valence-corrected chi connectivity index (χ4v) is 4.10. The van der Waals surface area contributed by atoms with Crippen LogP contribution in [0.3, 0.4) is 0 Å². The Hall–Kier alpha value is -2.14. The number of hydrogen-bond acceptors (Lipinski definition) is 4. The minimum Gasteiger partial charge on any atom is -0.465 e. The topological polar surface area (TPSA) is 49.6 Å². The summed E-state index contributed by atoms with van der Waals surface area (Å²) < 4.78 is 5.74. The summed E-state index contributed by atoms with van der Waals surface area (Å²) >= 11 is 0. The first-order chi connectivity index (χ1) is 11.7. The lowest BCUT2D eigenvalue weighted by Crippen LogP contribution is -2.51. The van der Waals surface area contributed by atoms with E-state index in [1.54, 1.807) is 6.20 Å². The molecule has 5 nitrogen and oxygen atoms in total. The largest absolute Gasteiger partial charge is 0.465 e. The zero-order chi connectivity index (χ0) is 16.5. The van der Waals surface area contributed by atoms with Crippen LogP contribution in [-0.2, 0) is 17.9 Å². The number of amides is 1. The van der Waals surface area contributed by atoms with Gasteiger partial charge in [-0.15, -0.1) is 0 Å². The highest BCUT2D eigenvalue weighted by Gasteiger charge is 2.43. The van der Waals surface area contributed by atoms with Crippen molar-refractivity contribution >= 4 is 5.91 Å². The van der Waals surface area contributed by atoms with Gasteiger partial charge in [-0.05, 0) is 43.5 Å². The van der Waals surface area contributed by atoms with Gasteiger partial charge < -0.3 is 9.32 Å². The first-order valence-electron chi connectivity index (χ1n) is 8.68. The minimum absolute atomic E-state index is 0.274. The van der Waals surface area contributed by atoms with Crippen LogP contribution in [0.15, 0.2) is 41.1 Å². The van der Waals surface area contributed by atoms with Crippen LogP contribution >= 0.6 is 0 Å². The molecule has 0 aliphatic carbocycles. The molecular formula is C19H23N3O2. The number of rotatable bonds is 4. The summed E-state index contributed by atoms with van der Waals surface area (Å²) in [6.07, 6.45) is 6.25. The molecule has 2 fully saturated rings. The normalized spacial score (nSPS) is 24.4.